The van der Waals surface area contributed by atoms with Crippen LogP contribution in [0.4, 0.5) is 0 Å². The quantitative estimate of drug-likeness (QED) is 0.561. The Morgan fingerprint density at radius 3 is 2.53 bits per heavy atom. The topological polar surface area (TPSA) is 94.1 Å². The molecule has 0 aliphatic carbocycles. The number of hydrogen-bond donors (Lipinski definition) is 4. The van der Waals surface area contributed by atoms with Crippen LogP contribution in [0, 0.1) is 12.8 Å². The first-order chi connectivity index (χ1) is 14.5. The molecule has 4 atom stereocenters. The molecule has 4 unspecified atom stereocenters. The minimum absolute atomic E-state index is 0.0827. The monoisotopic (exact) mass is 431 g/mol. The number of amides is 1. The van der Waals surface area contributed by atoms with Gasteiger partial charge in [0.1, 0.15) is 17.5 Å². The normalized spacial score (nSPS) is 25.6. The van der Waals surface area contributed by atoms with Gasteiger partial charge in [0.25, 0.3) is 0 Å². The number of nitrogens with zero attached hydrogens (tertiary/aromatic N) is 1. The molecule has 2 saturated heterocycles. The molecular weight excluding hydrogens is 406 g/mol. The second-order valence-corrected chi connectivity index (χ2v) is 8.09. The molecule has 0 saturated carbocycles. The van der Waals surface area contributed by atoms with Gasteiger partial charge < -0.3 is 19.8 Å². The van der Waals surface area contributed by atoms with Gasteiger partial charge >= 0.3 is 0 Å². The molecule has 2 aliphatic heterocycles. The number of phenols is 1. The highest BCUT2D eigenvalue weighted by atomic mass is 35.5. The number of halogens is 1. The summed E-state index contributed by atoms with van der Waals surface area (Å²) in [5.74, 6) is 0.612. The van der Waals surface area contributed by atoms with Crippen molar-refractivity contribution in [3.63, 3.8) is 0 Å². The van der Waals surface area contributed by atoms with Gasteiger partial charge in [-0.3, -0.25) is 4.79 Å². The summed E-state index contributed by atoms with van der Waals surface area (Å²) >= 11 is 6.33. The fraction of sp³-hybridized carbons (Fsp3) is 0.409. The molecule has 4 N–H and O–H groups in total. The maximum absolute atomic E-state index is 13.1. The summed E-state index contributed by atoms with van der Waals surface area (Å²) in [6.45, 7) is 4.44. The molecule has 8 heteroatoms. The van der Waals surface area contributed by atoms with Gasteiger partial charge in [0.2, 0.25) is 5.91 Å². The summed E-state index contributed by atoms with van der Waals surface area (Å²) in [4.78, 5) is 14.8. The third kappa shape index (κ3) is 3.52. The van der Waals surface area contributed by atoms with Crippen molar-refractivity contribution in [2.45, 2.75) is 32.0 Å². The van der Waals surface area contributed by atoms with Crippen LogP contribution in [0.2, 0.25) is 5.02 Å². The van der Waals surface area contributed by atoms with Crippen molar-refractivity contribution >= 4 is 17.5 Å². The lowest BCUT2D eigenvalue weighted by Crippen LogP contribution is -2.42. The second-order valence-electron chi connectivity index (χ2n) is 7.68. The molecule has 2 fully saturated rings. The third-order valence-corrected chi connectivity index (χ3v) is 6.34. The fourth-order valence-corrected chi connectivity index (χ4v) is 4.75. The highest BCUT2D eigenvalue weighted by Gasteiger charge is 2.55. The van der Waals surface area contributed by atoms with E-state index in [4.69, 9.17) is 16.3 Å². The summed E-state index contributed by atoms with van der Waals surface area (Å²) in [6.07, 6.45) is 0. The molecule has 4 rings (SSSR count). The van der Waals surface area contributed by atoms with Crippen LogP contribution in [-0.2, 0) is 4.79 Å². The third-order valence-electron chi connectivity index (χ3n) is 5.93. The van der Waals surface area contributed by atoms with Crippen LogP contribution in [-0.4, -0.2) is 46.8 Å². The SMILES string of the molecule is CCOc1ccc(C2C3C(NNC3c3cc(Cl)c(C)cc3O)C(=O)N2CCO)cc1. The van der Waals surface area contributed by atoms with E-state index in [9.17, 15) is 15.0 Å². The number of aliphatic hydroxyl groups excluding tert-OH is 1. The van der Waals surface area contributed by atoms with Crippen molar-refractivity contribution in [2.75, 3.05) is 19.8 Å². The molecule has 2 heterocycles. The van der Waals surface area contributed by atoms with E-state index in [1.807, 2.05) is 38.1 Å². The first-order valence-corrected chi connectivity index (χ1v) is 10.5. The van der Waals surface area contributed by atoms with Gasteiger partial charge in [-0.15, -0.1) is 0 Å². The van der Waals surface area contributed by atoms with Crippen LogP contribution in [0.1, 0.15) is 35.7 Å². The molecule has 0 spiro atoms. The molecule has 0 radical (unpaired) electrons. The Hall–Kier alpha value is -2.32. The average molecular weight is 432 g/mol. The van der Waals surface area contributed by atoms with Gasteiger partial charge in [-0.25, -0.2) is 10.9 Å². The minimum Gasteiger partial charge on any atom is -0.508 e. The number of rotatable bonds is 6. The predicted octanol–water partition coefficient (Wildman–Crippen LogP) is 2.46. The van der Waals surface area contributed by atoms with E-state index in [-0.39, 0.29) is 42.8 Å². The van der Waals surface area contributed by atoms with E-state index in [2.05, 4.69) is 10.9 Å². The Morgan fingerprint density at radius 1 is 1.17 bits per heavy atom. The van der Waals surface area contributed by atoms with E-state index in [0.29, 0.717) is 17.2 Å². The lowest BCUT2D eigenvalue weighted by atomic mass is 9.83. The number of aryl methyl sites for hydroxylation is 1. The van der Waals surface area contributed by atoms with Crippen LogP contribution >= 0.6 is 11.6 Å². The number of likely N-dealkylation sites (tertiary alicyclic amines) is 1. The van der Waals surface area contributed by atoms with Gasteiger partial charge in [-0.1, -0.05) is 23.7 Å². The minimum atomic E-state index is -0.474. The lowest BCUT2D eigenvalue weighted by molar-refractivity contribution is -0.131. The van der Waals surface area contributed by atoms with Crippen LogP contribution < -0.4 is 15.6 Å². The Balaban J connectivity index is 1.75. The number of phenolic OH excluding ortho intramolecular Hbond substituents is 1. The summed E-state index contributed by atoms with van der Waals surface area (Å²) in [6, 6.07) is 9.98. The highest BCUT2D eigenvalue weighted by Crippen LogP contribution is 2.49. The molecule has 2 aliphatic rings. The largest absolute Gasteiger partial charge is 0.508 e. The predicted molar refractivity (Wildman–Crippen MR) is 113 cm³/mol. The van der Waals surface area contributed by atoms with Crippen LogP contribution in [0.25, 0.3) is 0 Å². The zero-order valence-electron chi connectivity index (χ0n) is 16.9. The van der Waals surface area contributed by atoms with E-state index in [1.165, 1.54) is 0 Å². The molecule has 2 aromatic rings. The first kappa shape index (κ1) is 20.9. The van der Waals surface area contributed by atoms with Gasteiger partial charge in [0.05, 0.1) is 25.3 Å². The first-order valence-electron chi connectivity index (χ1n) is 10.1. The molecule has 7 nitrogen and oxygen atoms in total. The van der Waals surface area contributed by atoms with E-state index < -0.39 is 6.04 Å². The van der Waals surface area contributed by atoms with Gasteiger partial charge in [-0.2, -0.15) is 0 Å². The number of carbonyl (C=O) groups is 1. The fourth-order valence-electron chi connectivity index (χ4n) is 4.58. The lowest BCUT2D eigenvalue weighted by Gasteiger charge is -2.31. The van der Waals surface area contributed by atoms with Crippen molar-refractivity contribution in [1.82, 2.24) is 15.8 Å². The summed E-state index contributed by atoms with van der Waals surface area (Å²) in [5, 5.41) is 20.7. The summed E-state index contributed by atoms with van der Waals surface area (Å²) in [7, 11) is 0. The number of hydrogen-bond acceptors (Lipinski definition) is 6. The number of aliphatic hydroxyl groups is 1. The number of nitrogens with one attached hydrogen (secondary N) is 2. The molecule has 160 valence electrons. The van der Waals surface area contributed by atoms with Crippen LogP contribution in [0.15, 0.2) is 36.4 Å². The summed E-state index contributed by atoms with van der Waals surface area (Å²) in [5.41, 5.74) is 8.65. The molecule has 30 heavy (non-hydrogen) atoms. The number of fused-ring (bicyclic) bond motifs is 1. The second kappa shape index (κ2) is 8.43. The zero-order chi connectivity index (χ0) is 21.4. The molecular formula is C22H26ClN3O4. The Bertz CT molecular complexity index is 937. The molecule has 0 aromatic heterocycles. The van der Waals surface area contributed by atoms with Crippen molar-refractivity contribution in [1.29, 1.82) is 0 Å². The molecule has 1 amide bonds. The van der Waals surface area contributed by atoms with Crippen molar-refractivity contribution in [2.24, 2.45) is 5.92 Å². The van der Waals surface area contributed by atoms with Gasteiger partial charge in [0.15, 0.2) is 0 Å². The number of aromatic hydroxyl groups is 1. The molecule has 0 bridgehead atoms. The molecule has 2 aromatic carbocycles. The van der Waals surface area contributed by atoms with Crippen molar-refractivity contribution in [3.8, 4) is 11.5 Å². The zero-order valence-corrected chi connectivity index (χ0v) is 17.7. The van der Waals surface area contributed by atoms with E-state index in [1.54, 1.807) is 17.0 Å². The van der Waals surface area contributed by atoms with Crippen LogP contribution in [0.3, 0.4) is 0 Å². The van der Waals surface area contributed by atoms with E-state index in [0.717, 1.165) is 16.9 Å². The highest BCUT2D eigenvalue weighted by molar-refractivity contribution is 6.31. The Morgan fingerprint density at radius 2 is 1.87 bits per heavy atom. The van der Waals surface area contributed by atoms with Crippen molar-refractivity contribution < 1.29 is 19.7 Å². The Labute approximate surface area is 180 Å². The number of ether oxygens (including phenoxy) is 1. The van der Waals surface area contributed by atoms with E-state index >= 15 is 0 Å². The standard InChI is InChI=1S/C22H26ClN3O4/c1-3-30-14-6-4-13(5-7-14)21-18-19(15-11-16(23)12(2)10-17(15)28)24-25-20(18)22(29)26(21)8-9-27/h4-7,10-11,18-21,24-25,27-28H,3,8-9H2,1-2H3. The Kier molecular flexibility index (Phi) is 5.88. The maximum atomic E-state index is 13.1. The van der Waals surface area contributed by atoms with Gasteiger partial charge in [0, 0.05) is 23.0 Å². The smallest absolute Gasteiger partial charge is 0.242 e. The van der Waals surface area contributed by atoms with Crippen molar-refractivity contribution in [3.05, 3.63) is 58.1 Å². The number of carbonyl (C=O) groups excluding carboxylic acids is 1. The number of β-amino-alcohol motifs (C(OH)–C–C–N with tert-alkyl or cyclic N) is 1. The average Bonchev–Trinajstić information content (AvgIpc) is 3.26. The van der Waals surface area contributed by atoms with Crippen LogP contribution in [0.5, 0.6) is 11.5 Å². The maximum Gasteiger partial charge on any atom is 0.242 e. The summed E-state index contributed by atoms with van der Waals surface area (Å²) < 4.78 is 5.54. The van der Waals surface area contributed by atoms with Gasteiger partial charge in [-0.05, 0) is 49.2 Å². The number of hydrazine groups is 1. The number of benzene rings is 2.